The van der Waals surface area contributed by atoms with Crippen molar-refractivity contribution in [1.82, 2.24) is 0 Å². The molecule has 15 heavy (non-hydrogen) atoms. The maximum Gasteiger partial charge on any atom is 0.107 e. The highest BCUT2D eigenvalue weighted by atomic mass is 19.1. The van der Waals surface area contributed by atoms with Crippen molar-refractivity contribution in [3.63, 3.8) is 0 Å². The van der Waals surface area contributed by atoms with Gasteiger partial charge in [-0.3, -0.25) is 0 Å². The SMILES string of the molecule is NC1CCCN(CCF)c2ccccc21. The molecule has 0 aliphatic carbocycles. The number of halogens is 1. The maximum atomic E-state index is 12.4. The van der Waals surface area contributed by atoms with Gasteiger partial charge in [-0.25, -0.2) is 4.39 Å². The fourth-order valence-corrected chi connectivity index (χ4v) is 2.20. The molecule has 0 aromatic heterocycles. The van der Waals surface area contributed by atoms with Crippen molar-refractivity contribution in [2.75, 3.05) is 24.7 Å². The zero-order valence-electron chi connectivity index (χ0n) is 8.82. The molecule has 82 valence electrons. The summed E-state index contributed by atoms with van der Waals surface area (Å²) in [5.74, 6) is 0. The molecule has 1 heterocycles. The number of alkyl halides is 1. The van der Waals surface area contributed by atoms with Crippen molar-refractivity contribution >= 4 is 5.69 Å². The summed E-state index contributed by atoms with van der Waals surface area (Å²) < 4.78 is 12.4. The second-order valence-corrected chi connectivity index (χ2v) is 3.98. The Hall–Kier alpha value is -1.09. The third kappa shape index (κ3) is 2.12. The largest absolute Gasteiger partial charge is 0.369 e. The summed E-state index contributed by atoms with van der Waals surface area (Å²) in [6.07, 6.45) is 2.02. The van der Waals surface area contributed by atoms with E-state index in [4.69, 9.17) is 5.73 Å². The van der Waals surface area contributed by atoms with Gasteiger partial charge in [-0.15, -0.1) is 0 Å². The van der Waals surface area contributed by atoms with Crippen LogP contribution in [-0.4, -0.2) is 19.8 Å². The maximum absolute atomic E-state index is 12.4. The summed E-state index contributed by atoms with van der Waals surface area (Å²) in [5, 5.41) is 0. The summed E-state index contributed by atoms with van der Waals surface area (Å²) in [6, 6.07) is 8.18. The molecule has 1 aliphatic heterocycles. The smallest absolute Gasteiger partial charge is 0.107 e. The molecule has 0 spiro atoms. The van der Waals surface area contributed by atoms with Crippen molar-refractivity contribution in [3.05, 3.63) is 29.8 Å². The van der Waals surface area contributed by atoms with Crippen molar-refractivity contribution in [2.24, 2.45) is 5.73 Å². The molecule has 1 aromatic rings. The minimum atomic E-state index is -0.302. The van der Waals surface area contributed by atoms with E-state index in [9.17, 15) is 4.39 Å². The predicted molar refractivity (Wildman–Crippen MR) is 60.8 cm³/mol. The third-order valence-corrected chi connectivity index (χ3v) is 2.97. The first kappa shape index (κ1) is 10.4. The zero-order valence-corrected chi connectivity index (χ0v) is 8.82. The molecule has 1 aliphatic rings. The van der Waals surface area contributed by atoms with E-state index in [0.717, 1.165) is 30.6 Å². The number of nitrogens with two attached hydrogens (primary N) is 1. The van der Waals surface area contributed by atoms with Crippen LogP contribution in [0.4, 0.5) is 10.1 Å². The van der Waals surface area contributed by atoms with Crippen molar-refractivity contribution in [2.45, 2.75) is 18.9 Å². The second-order valence-electron chi connectivity index (χ2n) is 3.98. The molecule has 1 atom stereocenters. The van der Waals surface area contributed by atoms with Crippen LogP contribution in [0.2, 0.25) is 0 Å². The lowest BCUT2D eigenvalue weighted by Crippen LogP contribution is -2.26. The van der Waals surface area contributed by atoms with Gasteiger partial charge in [-0.05, 0) is 24.5 Å². The van der Waals surface area contributed by atoms with Crippen molar-refractivity contribution in [3.8, 4) is 0 Å². The van der Waals surface area contributed by atoms with Crippen LogP contribution in [0.1, 0.15) is 24.4 Å². The normalized spacial score (nSPS) is 20.9. The Labute approximate surface area is 89.9 Å². The first-order valence-corrected chi connectivity index (χ1v) is 5.48. The lowest BCUT2D eigenvalue weighted by atomic mass is 10.0. The highest BCUT2D eigenvalue weighted by Crippen LogP contribution is 2.30. The zero-order chi connectivity index (χ0) is 10.7. The third-order valence-electron chi connectivity index (χ3n) is 2.97. The van der Waals surface area contributed by atoms with E-state index >= 15 is 0 Å². The van der Waals surface area contributed by atoms with Crippen molar-refractivity contribution < 1.29 is 4.39 Å². The highest BCUT2D eigenvalue weighted by molar-refractivity contribution is 5.55. The number of nitrogens with zero attached hydrogens (tertiary/aromatic N) is 1. The Morgan fingerprint density at radius 2 is 2.20 bits per heavy atom. The van der Waals surface area contributed by atoms with Gasteiger partial charge in [0.05, 0.1) is 0 Å². The van der Waals surface area contributed by atoms with Crippen LogP contribution in [0.15, 0.2) is 24.3 Å². The average molecular weight is 208 g/mol. The van der Waals surface area contributed by atoms with Crippen LogP contribution in [0, 0.1) is 0 Å². The summed E-state index contributed by atoms with van der Waals surface area (Å²) in [5.41, 5.74) is 8.35. The Kier molecular flexibility index (Phi) is 3.21. The first-order valence-electron chi connectivity index (χ1n) is 5.48. The first-order chi connectivity index (χ1) is 7.33. The van der Waals surface area contributed by atoms with Gasteiger partial charge in [0.15, 0.2) is 0 Å². The molecular formula is C12H17FN2. The van der Waals surface area contributed by atoms with Crippen LogP contribution in [0.3, 0.4) is 0 Å². The number of hydrogen-bond acceptors (Lipinski definition) is 2. The summed E-state index contributed by atoms with van der Waals surface area (Å²) >= 11 is 0. The molecule has 1 unspecified atom stereocenters. The molecule has 0 saturated carbocycles. The quantitative estimate of drug-likeness (QED) is 0.807. The van der Waals surface area contributed by atoms with Gasteiger partial charge in [-0.2, -0.15) is 0 Å². The van der Waals surface area contributed by atoms with E-state index in [1.807, 2.05) is 18.2 Å². The summed E-state index contributed by atoms with van der Waals surface area (Å²) in [7, 11) is 0. The molecule has 3 heteroatoms. The molecule has 2 nitrogen and oxygen atoms in total. The van der Waals surface area contributed by atoms with Crippen LogP contribution < -0.4 is 10.6 Å². The molecule has 0 bridgehead atoms. The second kappa shape index (κ2) is 4.62. The number of anilines is 1. The average Bonchev–Trinajstić information content (AvgIpc) is 2.41. The Balaban J connectivity index is 2.34. The van der Waals surface area contributed by atoms with Gasteiger partial charge in [0, 0.05) is 24.8 Å². The number of para-hydroxylation sites is 1. The molecular weight excluding hydrogens is 191 g/mol. The molecule has 0 amide bonds. The van der Waals surface area contributed by atoms with Gasteiger partial charge >= 0.3 is 0 Å². The van der Waals surface area contributed by atoms with E-state index in [0.29, 0.717) is 6.54 Å². The number of hydrogen-bond donors (Lipinski definition) is 1. The van der Waals surface area contributed by atoms with Gasteiger partial charge < -0.3 is 10.6 Å². The van der Waals surface area contributed by atoms with E-state index in [2.05, 4.69) is 11.0 Å². The Morgan fingerprint density at radius 3 is 3.00 bits per heavy atom. The van der Waals surface area contributed by atoms with Crippen molar-refractivity contribution in [1.29, 1.82) is 0 Å². The lowest BCUT2D eigenvalue weighted by Gasteiger charge is -2.23. The predicted octanol–water partition coefficient (Wildman–Crippen LogP) is 2.26. The molecule has 2 N–H and O–H groups in total. The van der Waals surface area contributed by atoms with E-state index in [-0.39, 0.29) is 12.7 Å². The minimum Gasteiger partial charge on any atom is -0.369 e. The van der Waals surface area contributed by atoms with E-state index in [1.54, 1.807) is 0 Å². The Morgan fingerprint density at radius 1 is 1.40 bits per heavy atom. The summed E-state index contributed by atoms with van der Waals surface area (Å²) in [6.45, 7) is 1.09. The minimum absolute atomic E-state index is 0.103. The van der Waals surface area contributed by atoms with Gasteiger partial charge in [0.25, 0.3) is 0 Å². The highest BCUT2D eigenvalue weighted by Gasteiger charge is 2.19. The van der Waals surface area contributed by atoms with E-state index in [1.165, 1.54) is 0 Å². The molecule has 0 radical (unpaired) electrons. The molecule has 0 saturated heterocycles. The van der Waals surface area contributed by atoms with Crippen LogP contribution >= 0.6 is 0 Å². The number of rotatable bonds is 2. The van der Waals surface area contributed by atoms with Crippen LogP contribution in [-0.2, 0) is 0 Å². The molecule has 1 aromatic carbocycles. The standard InChI is InChI=1S/C12H17FN2/c13-7-9-15-8-3-5-11(14)10-4-1-2-6-12(10)15/h1-2,4,6,11H,3,5,7-9,14H2. The number of benzene rings is 1. The van der Waals surface area contributed by atoms with Gasteiger partial charge in [0.1, 0.15) is 6.67 Å². The monoisotopic (exact) mass is 208 g/mol. The van der Waals surface area contributed by atoms with Gasteiger partial charge in [-0.1, -0.05) is 18.2 Å². The van der Waals surface area contributed by atoms with E-state index < -0.39 is 0 Å². The Bertz CT molecular complexity index is 327. The van der Waals surface area contributed by atoms with Crippen LogP contribution in [0.25, 0.3) is 0 Å². The lowest BCUT2D eigenvalue weighted by molar-refractivity contribution is 0.488. The topological polar surface area (TPSA) is 29.3 Å². The molecule has 0 fully saturated rings. The summed E-state index contributed by atoms with van der Waals surface area (Å²) in [4.78, 5) is 2.10. The van der Waals surface area contributed by atoms with Gasteiger partial charge in [0.2, 0.25) is 0 Å². The molecule has 2 rings (SSSR count). The van der Waals surface area contributed by atoms with Crippen LogP contribution in [0.5, 0.6) is 0 Å². The fourth-order valence-electron chi connectivity index (χ4n) is 2.20. The fraction of sp³-hybridized carbons (Fsp3) is 0.500. The number of fused-ring (bicyclic) bond motifs is 1.